The number of nitrogens with one attached hydrogen (secondary N) is 3. The molecule has 0 aromatic rings. The topological polar surface area (TPSA) is 113 Å². The van der Waals surface area contributed by atoms with Crippen LogP contribution in [0.1, 0.15) is 54.4 Å². The van der Waals surface area contributed by atoms with E-state index in [-0.39, 0.29) is 35.6 Å². The van der Waals surface area contributed by atoms with Crippen LogP contribution in [-0.4, -0.2) is 42.4 Å². The van der Waals surface area contributed by atoms with E-state index in [1.54, 1.807) is 0 Å². The largest absolute Gasteiger partial charge is 0.352 e. The zero-order valence-corrected chi connectivity index (χ0v) is 15.8. The second-order valence-electron chi connectivity index (χ2n) is 7.09. The van der Waals surface area contributed by atoms with Crippen molar-refractivity contribution in [2.75, 3.05) is 6.54 Å². The van der Waals surface area contributed by atoms with Crippen LogP contribution in [0, 0.1) is 11.8 Å². The summed E-state index contributed by atoms with van der Waals surface area (Å²) in [5.74, 6) is -0.233. The van der Waals surface area contributed by atoms with E-state index in [1.165, 1.54) is 0 Å². The molecule has 2 atom stereocenters. The van der Waals surface area contributed by atoms with Crippen LogP contribution in [0.15, 0.2) is 0 Å². The van der Waals surface area contributed by atoms with Crippen LogP contribution >= 0.6 is 0 Å². The summed E-state index contributed by atoms with van der Waals surface area (Å²) >= 11 is 0. The highest BCUT2D eigenvalue weighted by Crippen LogP contribution is 2.09. The van der Waals surface area contributed by atoms with Gasteiger partial charge in [0.1, 0.15) is 0 Å². The molecule has 2 unspecified atom stereocenters. The summed E-state index contributed by atoms with van der Waals surface area (Å²) < 4.78 is 0. The quantitative estimate of drug-likeness (QED) is 0.422. The first-order valence-electron chi connectivity index (χ1n) is 8.69. The molecule has 5 N–H and O–H groups in total. The molecule has 0 aliphatic rings. The van der Waals surface area contributed by atoms with Crippen molar-refractivity contribution in [3.8, 4) is 0 Å². The van der Waals surface area contributed by atoms with Crippen LogP contribution in [0.5, 0.6) is 0 Å². The molecule has 0 saturated heterocycles. The predicted molar refractivity (Wildman–Crippen MR) is 95.5 cm³/mol. The number of rotatable bonds is 11. The van der Waals surface area contributed by atoms with Gasteiger partial charge in [-0.05, 0) is 18.8 Å². The number of nitrogens with two attached hydrogens (primary N) is 1. The zero-order chi connectivity index (χ0) is 18.9. The molecule has 0 bridgehead atoms. The zero-order valence-electron chi connectivity index (χ0n) is 15.8. The van der Waals surface area contributed by atoms with E-state index < -0.39 is 12.1 Å². The fraction of sp³-hybridized carbons (Fsp3) is 0.824. The molecule has 0 aliphatic heterocycles. The fourth-order valence-electron chi connectivity index (χ4n) is 2.40. The molecule has 0 aliphatic carbocycles. The lowest BCUT2D eigenvalue weighted by Crippen LogP contribution is -2.54. The Hall–Kier alpha value is -1.63. The number of ketones is 1. The van der Waals surface area contributed by atoms with Crippen molar-refractivity contribution < 1.29 is 14.4 Å². The number of hydrogen-bond donors (Lipinski definition) is 4. The van der Waals surface area contributed by atoms with E-state index in [0.717, 1.165) is 0 Å². The lowest BCUT2D eigenvalue weighted by Gasteiger charge is -2.27. The molecule has 0 heterocycles. The first kappa shape index (κ1) is 22.4. The third-order valence-corrected chi connectivity index (χ3v) is 3.66. The lowest BCUT2D eigenvalue weighted by atomic mass is 9.96. The molecule has 3 amide bonds. The highest BCUT2D eigenvalue weighted by atomic mass is 16.2. The Balaban J connectivity index is 4.85. The summed E-state index contributed by atoms with van der Waals surface area (Å²) in [5, 5.41) is 8.61. The van der Waals surface area contributed by atoms with Crippen LogP contribution in [0.25, 0.3) is 0 Å². The summed E-state index contributed by atoms with van der Waals surface area (Å²) in [6.07, 6.45) is 1.03. The molecule has 140 valence electrons. The summed E-state index contributed by atoms with van der Waals surface area (Å²) in [4.78, 5) is 35.7. The van der Waals surface area contributed by atoms with Gasteiger partial charge in [0, 0.05) is 18.5 Å². The van der Waals surface area contributed by atoms with Crippen molar-refractivity contribution in [1.82, 2.24) is 16.0 Å². The van der Waals surface area contributed by atoms with Gasteiger partial charge in [0.05, 0.1) is 12.1 Å². The van der Waals surface area contributed by atoms with Crippen LogP contribution in [-0.2, 0) is 9.59 Å². The van der Waals surface area contributed by atoms with Crippen molar-refractivity contribution >= 4 is 17.7 Å². The van der Waals surface area contributed by atoms with Crippen molar-refractivity contribution in [3.63, 3.8) is 0 Å². The van der Waals surface area contributed by atoms with Gasteiger partial charge in [-0.2, -0.15) is 0 Å². The lowest BCUT2D eigenvalue weighted by molar-refractivity contribution is -0.131. The second kappa shape index (κ2) is 11.0. The van der Waals surface area contributed by atoms with E-state index in [9.17, 15) is 14.4 Å². The summed E-state index contributed by atoms with van der Waals surface area (Å²) in [5.41, 5.74) is 5.02. The number of hydrogen-bond acceptors (Lipinski definition) is 4. The molecule has 7 heteroatoms. The molecule has 0 aromatic heterocycles. The molecule has 0 spiro atoms. The van der Waals surface area contributed by atoms with Crippen molar-refractivity contribution in [2.45, 2.75) is 72.5 Å². The van der Waals surface area contributed by atoms with Crippen molar-refractivity contribution in [1.29, 1.82) is 0 Å². The highest BCUT2D eigenvalue weighted by molar-refractivity contribution is 5.91. The number of Topliss-reactive ketones (excluding diaryl/α,β-unsaturated/α-hetero) is 1. The number of urea groups is 1. The first-order chi connectivity index (χ1) is 11.1. The maximum atomic E-state index is 12.6. The van der Waals surface area contributed by atoms with Crippen LogP contribution < -0.4 is 21.7 Å². The van der Waals surface area contributed by atoms with Crippen LogP contribution in [0.2, 0.25) is 0 Å². The van der Waals surface area contributed by atoms with Gasteiger partial charge in [-0.15, -0.1) is 0 Å². The Kier molecular flexibility index (Phi) is 10.3. The van der Waals surface area contributed by atoms with E-state index in [2.05, 4.69) is 16.0 Å². The Morgan fingerprint density at radius 3 is 2.00 bits per heavy atom. The van der Waals surface area contributed by atoms with Gasteiger partial charge in [-0.1, -0.05) is 41.5 Å². The molecular formula is C17H34N4O3. The van der Waals surface area contributed by atoms with E-state index in [0.29, 0.717) is 19.4 Å². The second-order valence-corrected chi connectivity index (χ2v) is 7.09. The number of amides is 3. The smallest absolute Gasteiger partial charge is 0.312 e. The SMILES string of the molecule is CC(C)NC(C(=O)NC(CCCNC(N)=O)C(=O)C(C)C)C(C)C. The summed E-state index contributed by atoms with van der Waals surface area (Å²) in [6, 6.07) is -1.33. The molecule has 0 aromatic carbocycles. The Morgan fingerprint density at radius 2 is 1.58 bits per heavy atom. The predicted octanol–water partition coefficient (Wildman–Crippen LogP) is 1.17. The summed E-state index contributed by atoms with van der Waals surface area (Å²) in [7, 11) is 0. The molecule has 0 saturated carbocycles. The normalized spacial score (nSPS) is 13.9. The minimum Gasteiger partial charge on any atom is -0.352 e. The number of carbonyl (C=O) groups is 3. The summed E-state index contributed by atoms with van der Waals surface area (Å²) in [6.45, 7) is 11.9. The van der Waals surface area contributed by atoms with Gasteiger partial charge in [-0.25, -0.2) is 4.79 Å². The molecule has 24 heavy (non-hydrogen) atoms. The molecule has 0 fully saturated rings. The standard InChI is InChI=1S/C17H34N4O3/c1-10(2)14(20-12(5)6)16(23)21-13(15(22)11(3)4)8-7-9-19-17(18)24/h10-14,20H,7-9H2,1-6H3,(H,21,23)(H3,18,19,24). The minimum absolute atomic E-state index is 0.00511. The van der Waals surface area contributed by atoms with Gasteiger partial charge in [0.15, 0.2) is 5.78 Å². The molecular weight excluding hydrogens is 308 g/mol. The Bertz CT molecular complexity index is 422. The number of carbonyl (C=O) groups excluding carboxylic acids is 3. The Labute approximate surface area is 145 Å². The van der Waals surface area contributed by atoms with Gasteiger partial charge in [0.2, 0.25) is 5.91 Å². The van der Waals surface area contributed by atoms with E-state index >= 15 is 0 Å². The monoisotopic (exact) mass is 342 g/mol. The van der Waals surface area contributed by atoms with Gasteiger partial charge in [-0.3, -0.25) is 9.59 Å². The van der Waals surface area contributed by atoms with Crippen molar-refractivity contribution in [2.24, 2.45) is 17.6 Å². The molecule has 7 nitrogen and oxygen atoms in total. The Morgan fingerprint density at radius 1 is 1.00 bits per heavy atom. The molecule has 0 rings (SSSR count). The average molecular weight is 342 g/mol. The van der Waals surface area contributed by atoms with E-state index in [1.807, 2.05) is 41.5 Å². The number of primary amides is 1. The average Bonchev–Trinajstić information content (AvgIpc) is 2.45. The highest BCUT2D eigenvalue weighted by Gasteiger charge is 2.28. The van der Waals surface area contributed by atoms with Crippen LogP contribution in [0.4, 0.5) is 4.79 Å². The van der Waals surface area contributed by atoms with Crippen molar-refractivity contribution in [3.05, 3.63) is 0 Å². The van der Waals surface area contributed by atoms with Crippen LogP contribution in [0.3, 0.4) is 0 Å². The van der Waals surface area contributed by atoms with Gasteiger partial charge < -0.3 is 21.7 Å². The molecule has 0 radical (unpaired) electrons. The third-order valence-electron chi connectivity index (χ3n) is 3.66. The fourth-order valence-corrected chi connectivity index (χ4v) is 2.40. The van der Waals surface area contributed by atoms with Gasteiger partial charge >= 0.3 is 6.03 Å². The van der Waals surface area contributed by atoms with Gasteiger partial charge in [0.25, 0.3) is 0 Å². The maximum Gasteiger partial charge on any atom is 0.312 e. The maximum absolute atomic E-state index is 12.6. The minimum atomic E-state index is -0.591. The van der Waals surface area contributed by atoms with E-state index in [4.69, 9.17) is 5.73 Å². The first-order valence-corrected chi connectivity index (χ1v) is 8.69. The third kappa shape index (κ3) is 8.86.